The topological polar surface area (TPSA) is 58.2 Å². The Labute approximate surface area is 155 Å². The van der Waals surface area contributed by atoms with Gasteiger partial charge in [-0.05, 0) is 44.2 Å². The minimum absolute atomic E-state index is 0.0596. The van der Waals surface area contributed by atoms with E-state index in [1.165, 1.54) is 30.0 Å². The van der Waals surface area contributed by atoms with Crippen LogP contribution in [0.1, 0.15) is 12.5 Å². The molecule has 0 aliphatic rings. The Bertz CT molecular complexity index is 768. The van der Waals surface area contributed by atoms with Crippen LogP contribution in [-0.2, 0) is 9.59 Å². The van der Waals surface area contributed by atoms with Crippen molar-refractivity contribution in [3.8, 4) is 0 Å². The minimum Gasteiger partial charge on any atom is -0.325 e. The van der Waals surface area contributed by atoms with E-state index in [9.17, 15) is 14.0 Å². The van der Waals surface area contributed by atoms with E-state index in [0.717, 1.165) is 5.56 Å². The van der Waals surface area contributed by atoms with Crippen molar-refractivity contribution in [3.05, 3.63) is 58.9 Å². The molecule has 0 saturated heterocycles. The van der Waals surface area contributed by atoms with Crippen LogP contribution in [-0.4, -0.2) is 22.8 Å². The van der Waals surface area contributed by atoms with E-state index in [0.29, 0.717) is 11.4 Å². The third-order valence-corrected chi connectivity index (χ3v) is 4.79. The Morgan fingerprint density at radius 2 is 1.76 bits per heavy atom. The van der Waals surface area contributed by atoms with Crippen LogP contribution in [0.3, 0.4) is 0 Å². The molecule has 0 spiro atoms. The van der Waals surface area contributed by atoms with Crippen molar-refractivity contribution in [3.63, 3.8) is 0 Å². The average Bonchev–Trinajstić information content (AvgIpc) is 2.58. The van der Waals surface area contributed by atoms with Crippen LogP contribution in [0.2, 0.25) is 5.02 Å². The molecule has 0 aromatic heterocycles. The van der Waals surface area contributed by atoms with Gasteiger partial charge >= 0.3 is 0 Å². The largest absolute Gasteiger partial charge is 0.325 e. The van der Waals surface area contributed by atoms with Gasteiger partial charge in [-0.15, -0.1) is 11.8 Å². The lowest BCUT2D eigenvalue weighted by Gasteiger charge is -2.12. The smallest absolute Gasteiger partial charge is 0.237 e. The fraction of sp³-hybridized carbons (Fsp3) is 0.222. The van der Waals surface area contributed by atoms with E-state index < -0.39 is 11.1 Å². The highest BCUT2D eigenvalue weighted by Gasteiger charge is 2.16. The van der Waals surface area contributed by atoms with Gasteiger partial charge in [0.15, 0.2) is 0 Å². The third-order valence-electron chi connectivity index (χ3n) is 3.36. The molecule has 0 saturated carbocycles. The number of hydrogen-bond donors (Lipinski definition) is 2. The highest BCUT2D eigenvalue weighted by Crippen LogP contribution is 2.21. The van der Waals surface area contributed by atoms with Gasteiger partial charge in [-0.1, -0.05) is 29.3 Å². The summed E-state index contributed by atoms with van der Waals surface area (Å²) in [4.78, 5) is 24.1. The minimum atomic E-state index is -0.546. The fourth-order valence-corrected chi connectivity index (χ4v) is 2.79. The highest BCUT2D eigenvalue weighted by molar-refractivity contribution is 8.01. The summed E-state index contributed by atoms with van der Waals surface area (Å²) in [6.07, 6.45) is 0. The fourth-order valence-electron chi connectivity index (χ4n) is 1.93. The van der Waals surface area contributed by atoms with Crippen molar-refractivity contribution < 1.29 is 14.0 Å². The molecule has 0 heterocycles. The number of aryl methyl sites for hydroxylation is 1. The molecule has 7 heteroatoms. The van der Waals surface area contributed by atoms with Crippen LogP contribution < -0.4 is 10.6 Å². The van der Waals surface area contributed by atoms with Gasteiger partial charge < -0.3 is 10.6 Å². The molecular weight excluding hydrogens is 363 g/mol. The summed E-state index contributed by atoms with van der Waals surface area (Å²) in [5.74, 6) is -0.865. The second-order valence-corrected chi connectivity index (χ2v) is 7.22. The molecular formula is C18H18ClFN2O2S. The molecule has 0 bridgehead atoms. The van der Waals surface area contributed by atoms with Crippen LogP contribution in [0, 0.1) is 12.7 Å². The predicted molar refractivity (Wildman–Crippen MR) is 102 cm³/mol. The maximum Gasteiger partial charge on any atom is 0.237 e. The van der Waals surface area contributed by atoms with Crippen LogP contribution in [0.25, 0.3) is 0 Å². The maximum absolute atomic E-state index is 13.1. The van der Waals surface area contributed by atoms with E-state index >= 15 is 0 Å². The number of nitrogens with one attached hydrogen (secondary N) is 2. The van der Waals surface area contributed by atoms with Gasteiger partial charge in [0.05, 0.1) is 16.0 Å². The second-order valence-electron chi connectivity index (χ2n) is 5.49. The number of benzene rings is 2. The summed E-state index contributed by atoms with van der Waals surface area (Å²) in [5.41, 5.74) is 2.24. The zero-order valence-corrected chi connectivity index (χ0v) is 15.4. The number of halogens is 2. The molecule has 0 unspecified atom stereocenters. The van der Waals surface area contributed by atoms with Gasteiger partial charge in [0, 0.05) is 11.4 Å². The van der Waals surface area contributed by atoms with Crippen molar-refractivity contribution in [1.29, 1.82) is 0 Å². The molecule has 1 atom stereocenters. The van der Waals surface area contributed by atoms with Gasteiger partial charge in [-0.2, -0.15) is 0 Å². The molecule has 0 radical (unpaired) electrons. The first-order valence-corrected chi connectivity index (χ1v) is 9.02. The summed E-state index contributed by atoms with van der Waals surface area (Å²) in [7, 11) is 0. The lowest BCUT2D eigenvalue weighted by atomic mass is 10.2. The Balaban J connectivity index is 1.81. The molecule has 25 heavy (non-hydrogen) atoms. The van der Waals surface area contributed by atoms with Gasteiger partial charge in [-0.3, -0.25) is 9.59 Å². The van der Waals surface area contributed by atoms with Crippen LogP contribution in [0.15, 0.2) is 42.5 Å². The number of amides is 2. The number of carbonyl (C=O) groups excluding carboxylic acids is 2. The number of carbonyl (C=O) groups is 2. The monoisotopic (exact) mass is 380 g/mol. The molecule has 0 aliphatic carbocycles. The summed E-state index contributed by atoms with van der Waals surface area (Å²) < 4.78 is 13.1. The van der Waals surface area contributed by atoms with Gasteiger partial charge in [0.1, 0.15) is 5.82 Å². The van der Waals surface area contributed by atoms with E-state index in [2.05, 4.69) is 10.6 Å². The van der Waals surface area contributed by atoms with Gasteiger partial charge in [0.2, 0.25) is 11.8 Å². The molecule has 2 aromatic rings. The second kappa shape index (κ2) is 8.87. The molecule has 4 nitrogen and oxygen atoms in total. The predicted octanol–water partition coefficient (Wildman–Crippen LogP) is 4.49. The van der Waals surface area contributed by atoms with Gasteiger partial charge in [-0.25, -0.2) is 4.39 Å². The summed E-state index contributed by atoms with van der Waals surface area (Å²) in [5, 5.41) is 4.91. The average molecular weight is 381 g/mol. The Hall–Kier alpha value is -2.05. The van der Waals surface area contributed by atoms with Crippen molar-refractivity contribution in [1.82, 2.24) is 0 Å². The Morgan fingerprint density at radius 1 is 1.12 bits per heavy atom. The molecule has 2 rings (SSSR count). The first-order valence-electron chi connectivity index (χ1n) is 7.59. The lowest BCUT2D eigenvalue weighted by molar-refractivity contribution is -0.115. The van der Waals surface area contributed by atoms with Crippen LogP contribution in [0.5, 0.6) is 0 Å². The SMILES string of the molecule is Cc1ccc(NC(=O)CS[C@@H](C)C(=O)Nc2ccc(F)c(Cl)c2)cc1. The van der Waals surface area contributed by atoms with Crippen LogP contribution >= 0.6 is 23.4 Å². The first-order chi connectivity index (χ1) is 11.8. The summed E-state index contributed by atoms with van der Waals surface area (Å²) >= 11 is 6.89. The number of anilines is 2. The van der Waals surface area contributed by atoms with E-state index in [-0.39, 0.29) is 22.6 Å². The molecule has 0 fully saturated rings. The molecule has 2 amide bonds. The first kappa shape index (κ1) is 19.3. The molecule has 132 valence electrons. The Kier molecular flexibility index (Phi) is 6.84. The number of rotatable bonds is 6. The Morgan fingerprint density at radius 3 is 2.40 bits per heavy atom. The lowest BCUT2D eigenvalue weighted by Crippen LogP contribution is -2.25. The zero-order valence-electron chi connectivity index (χ0n) is 13.8. The number of thioether (sulfide) groups is 1. The van der Waals surface area contributed by atoms with Gasteiger partial charge in [0.25, 0.3) is 0 Å². The van der Waals surface area contributed by atoms with E-state index in [1.54, 1.807) is 6.92 Å². The quantitative estimate of drug-likeness (QED) is 0.776. The standard InChI is InChI=1S/C18H18ClFN2O2S/c1-11-3-5-13(6-4-11)21-17(23)10-25-12(2)18(24)22-14-7-8-16(20)15(19)9-14/h3-9,12H,10H2,1-2H3,(H,21,23)(H,22,24)/t12-/m0/s1. The van der Waals surface area contributed by atoms with E-state index in [1.807, 2.05) is 31.2 Å². The van der Waals surface area contributed by atoms with Crippen LogP contribution in [0.4, 0.5) is 15.8 Å². The number of hydrogen-bond acceptors (Lipinski definition) is 3. The summed E-state index contributed by atoms with van der Waals surface area (Å²) in [6.45, 7) is 3.67. The van der Waals surface area contributed by atoms with E-state index in [4.69, 9.17) is 11.6 Å². The molecule has 2 aromatic carbocycles. The highest BCUT2D eigenvalue weighted by atomic mass is 35.5. The van der Waals surface area contributed by atoms with Crippen molar-refractivity contribution in [2.75, 3.05) is 16.4 Å². The van der Waals surface area contributed by atoms with Crippen molar-refractivity contribution in [2.24, 2.45) is 0 Å². The van der Waals surface area contributed by atoms with Crippen molar-refractivity contribution in [2.45, 2.75) is 19.1 Å². The molecule has 0 aliphatic heterocycles. The third kappa shape index (κ3) is 6.07. The van der Waals surface area contributed by atoms with Crippen molar-refractivity contribution >= 4 is 46.6 Å². The summed E-state index contributed by atoms with van der Waals surface area (Å²) in [6, 6.07) is 11.4. The zero-order chi connectivity index (χ0) is 18.4. The molecule has 2 N–H and O–H groups in total. The normalized spacial score (nSPS) is 11.7. The maximum atomic E-state index is 13.1.